The van der Waals surface area contributed by atoms with Crippen LogP contribution in [0, 0.1) is 13.8 Å². The summed E-state index contributed by atoms with van der Waals surface area (Å²) in [6, 6.07) is 6.79. The van der Waals surface area contributed by atoms with Gasteiger partial charge in [0.05, 0.1) is 24.6 Å². The predicted octanol–water partition coefficient (Wildman–Crippen LogP) is 3.35. The number of aromatic nitrogens is 3. The number of hydrogen-bond donors (Lipinski definition) is 1. The number of amides is 1. The predicted molar refractivity (Wildman–Crippen MR) is 99.2 cm³/mol. The molecule has 0 atom stereocenters. The van der Waals surface area contributed by atoms with Crippen molar-refractivity contribution in [3.63, 3.8) is 0 Å². The van der Waals surface area contributed by atoms with Crippen LogP contribution in [0.1, 0.15) is 34.3 Å². The van der Waals surface area contributed by atoms with E-state index in [4.69, 9.17) is 14.0 Å². The van der Waals surface area contributed by atoms with Gasteiger partial charge >= 0.3 is 0 Å². The van der Waals surface area contributed by atoms with Crippen LogP contribution in [0.3, 0.4) is 0 Å². The van der Waals surface area contributed by atoms with Gasteiger partial charge in [-0.3, -0.25) is 4.79 Å². The van der Waals surface area contributed by atoms with Crippen LogP contribution in [-0.2, 0) is 13.2 Å². The lowest BCUT2D eigenvalue weighted by Crippen LogP contribution is -2.15. The van der Waals surface area contributed by atoms with Gasteiger partial charge in [-0.05, 0) is 39.0 Å². The highest BCUT2D eigenvalue weighted by molar-refractivity contribution is 6.04. The molecule has 1 aromatic carbocycles. The molecular formula is C19H22N4O4. The molecule has 0 unspecified atom stereocenters. The maximum atomic E-state index is 12.5. The number of aryl methyl sites for hydroxylation is 3. The minimum atomic E-state index is -0.249. The zero-order valence-electron chi connectivity index (χ0n) is 15.8. The van der Waals surface area contributed by atoms with E-state index >= 15 is 0 Å². The second-order valence-corrected chi connectivity index (χ2v) is 5.94. The SMILES string of the molecule is CCn1nccc1NC(=O)c1ccc(OCc2c(C)noc2C)c(OC)c1. The van der Waals surface area contributed by atoms with E-state index < -0.39 is 0 Å². The average Bonchev–Trinajstić information content (AvgIpc) is 3.25. The topological polar surface area (TPSA) is 91.4 Å². The Morgan fingerprint density at radius 3 is 2.74 bits per heavy atom. The van der Waals surface area contributed by atoms with Crippen LogP contribution >= 0.6 is 0 Å². The molecule has 27 heavy (non-hydrogen) atoms. The number of hydrogen-bond acceptors (Lipinski definition) is 6. The maximum Gasteiger partial charge on any atom is 0.256 e. The molecule has 8 nitrogen and oxygen atoms in total. The molecule has 2 heterocycles. The van der Waals surface area contributed by atoms with E-state index in [1.165, 1.54) is 7.11 Å². The number of benzene rings is 1. The number of carbonyl (C=O) groups excluding carboxylic acids is 1. The first-order valence-electron chi connectivity index (χ1n) is 8.59. The number of anilines is 1. The third-order valence-electron chi connectivity index (χ3n) is 4.24. The number of methoxy groups -OCH3 is 1. The number of rotatable bonds is 7. The number of ether oxygens (including phenoxy) is 2. The van der Waals surface area contributed by atoms with Gasteiger partial charge in [0.15, 0.2) is 11.5 Å². The van der Waals surface area contributed by atoms with Crippen molar-refractivity contribution in [3.8, 4) is 11.5 Å². The molecule has 0 fully saturated rings. The molecular weight excluding hydrogens is 348 g/mol. The van der Waals surface area contributed by atoms with Crippen LogP contribution < -0.4 is 14.8 Å². The standard InChI is InChI=1S/C19H22N4O4/c1-5-23-18(8-9-20-23)21-19(24)14-6-7-16(17(10-14)25-4)26-11-15-12(2)22-27-13(15)3/h6-10H,5,11H2,1-4H3,(H,21,24). The summed E-state index contributed by atoms with van der Waals surface area (Å²) in [4.78, 5) is 12.5. The van der Waals surface area contributed by atoms with Gasteiger partial charge in [0.1, 0.15) is 18.2 Å². The van der Waals surface area contributed by atoms with Crippen molar-refractivity contribution in [2.24, 2.45) is 0 Å². The summed E-state index contributed by atoms with van der Waals surface area (Å²) in [7, 11) is 1.53. The summed E-state index contributed by atoms with van der Waals surface area (Å²) >= 11 is 0. The highest BCUT2D eigenvalue weighted by atomic mass is 16.5. The summed E-state index contributed by atoms with van der Waals surface area (Å²) in [6.07, 6.45) is 1.64. The van der Waals surface area contributed by atoms with Gasteiger partial charge in [-0.2, -0.15) is 5.10 Å². The third-order valence-corrected chi connectivity index (χ3v) is 4.24. The molecule has 1 amide bonds. The van der Waals surface area contributed by atoms with Crippen molar-refractivity contribution in [1.29, 1.82) is 0 Å². The number of carbonyl (C=O) groups is 1. The average molecular weight is 370 g/mol. The van der Waals surface area contributed by atoms with Gasteiger partial charge in [0.25, 0.3) is 5.91 Å². The van der Waals surface area contributed by atoms with Gasteiger partial charge in [-0.15, -0.1) is 0 Å². The highest BCUT2D eigenvalue weighted by Crippen LogP contribution is 2.30. The zero-order valence-corrected chi connectivity index (χ0v) is 15.8. The zero-order chi connectivity index (χ0) is 19.4. The fourth-order valence-corrected chi connectivity index (χ4v) is 2.67. The third kappa shape index (κ3) is 3.94. The van der Waals surface area contributed by atoms with Crippen LogP contribution in [0.4, 0.5) is 5.82 Å². The first-order chi connectivity index (χ1) is 13.0. The minimum absolute atomic E-state index is 0.249. The smallest absolute Gasteiger partial charge is 0.256 e. The fraction of sp³-hybridized carbons (Fsp3) is 0.316. The molecule has 0 bridgehead atoms. The van der Waals surface area contributed by atoms with Crippen molar-refractivity contribution < 1.29 is 18.8 Å². The minimum Gasteiger partial charge on any atom is -0.493 e. The van der Waals surface area contributed by atoms with Gasteiger partial charge in [-0.25, -0.2) is 4.68 Å². The van der Waals surface area contributed by atoms with Crippen molar-refractivity contribution >= 4 is 11.7 Å². The van der Waals surface area contributed by atoms with E-state index in [0.717, 1.165) is 17.0 Å². The summed E-state index contributed by atoms with van der Waals surface area (Å²) in [5.41, 5.74) is 2.14. The van der Waals surface area contributed by atoms with Crippen molar-refractivity contribution in [2.45, 2.75) is 33.9 Å². The first-order valence-corrected chi connectivity index (χ1v) is 8.59. The second-order valence-electron chi connectivity index (χ2n) is 5.94. The molecule has 0 aliphatic carbocycles. The molecule has 0 saturated heterocycles. The van der Waals surface area contributed by atoms with Crippen molar-refractivity contribution in [2.75, 3.05) is 12.4 Å². The monoisotopic (exact) mass is 370 g/mol. The maximum absolute atomic E-state index is 12.5. The Morgan fingerprint density at radius 1 is 1.26 bits per heavy atom. The van der Waals surface area contributed by atoms with Gasteiger partial charge < -0.3 is 19.3 Å². The van der Waals surface area contributed by atoms with E-state index in [-0.39, 0.29) is 5.91 Å². The molecule has 8 heteroatoms. The molecule has 3 aromatic rings. The molecule has 0 aliphatic rings. The molecule has 1 N–H and O–H groups in total. The molecule has 0 spiro atoms. The number of nitrogens with zero attached hydrogens (tertiary/aromatic N) is 3. The van der Waals surface area contributed by atoms with Gasteiger partial charge in [0.2, 0.25) is 0 Å². The number of nitrogens with one attached hydrogen (secondary N) is 1. The summed E-state index contributed by atoms with van der Waals surface area (Å²) in [6.45, 7) is 6.63. The van der Waals surface area contributed by atoms with E-state index in [1.807, 2.05) is 20.8 Å². The Bertz CT molecular complexity index is 926. The summed E-state index contributed by atoms with van der Waals surface area (Å²) < 4.78 is 18.1. The first kappa shape index (κ1) is 18.5. The summed E-state index contributed by atoms with van der Waals surface area (Å²) in [5, 5.41) is 10.9. The Kier molecular flexibility index (Phi) is 5.44. The van der Waals surface area contributed by atoms with Crippen LogP contribution in [0.2, 0.25) is 0 Å². The van der Waals surface area contributed by atoms with Crippen molar-refractivity contribution in [1.82, 2.24) is 14.9 Å². The second kappa shape index (κ2) is 7.94. The van der Waals surface area contributed by atoms with Crippen LogP contribution in [0.5, 0.6) is 11.5 Å². The molecule has 0 saturated carbocycles. The van der Waals surface area contributed by atoms with Gasteiger partial charge in [-0.1, -0.05) is 5.16 Å². The molecule has 142 valence electrons. The summed E-state index contributed by atoms with van der Waals surface area (Å²) in [5.74, 6) is 2.11. The lowest BCUT2D eigenvalue weighted by Gasteiger charge is -2.12. The normalized spacial score (nSPS) is 10.7. The van der Waals surface area contributed by atoms with Gasteiger partial charge in [0, 0.05) is 18.2 Å². The highest BCUT2D eigenvalue weighted by Gasteiger charge is 2.15. The molecule has 0 aliphatic heterocycles. The largest absolute Gasteiger partial charge is 0.493 e. The lowest BCUT2D eigenvalue weighted by atomic mass is 10.2. The molecule has 2 aromatic heterocycles. The Balaban J connectivity index is 1.74. The van der Waals surface area contributed by atoms with E-state index in [0.29, 0.717) is 36.0 Å². The lowest BCUT2D eigenvalue weighted by molar-refractivity contribution is 0.102. The van der Waals surface area contributed by atoms with E-state index in [1.54, 1.807) is 35.1 Å². The molecule has 0 radical (unpaired) electrons. The Morgan fingerprint density at radius 2 is 2.07 bits per heavy atom. The van der Waals surface area contributed by atoms with E-state index in [2.05, 4.69) is 15.6 Å². The van der Waals surface area contributed by atoms with Crippen LogP contribution in [0.25, 0.3) is 0 Å². The quantitative estimate of drug-likeness (QED) is 0.686. The van der Waals surface area contributed by atoms with E-state index in [9.17, 15) is 4.79 Å². The Labute approximate surface area is 157 Å². The van der Waals surface area contributed by atoms with Crippen LogP contribution in [-0.4, -0.2) is 28.0 Å². The van der Waals surface area contributed by atoms with Crippen molar-refractivity contribution in [3.05, 3.63) is 53.0 Å². The van der Waals surface area contributed by atoms with Crippen LogP contribution in [0.15, 0.2) is 35.0 Å². The molecule has 3 rings (SSSR count). The Hall–Kier alpha value is -3.29. The fourth-order valence-electron chi connectivity index (χ4n) is 2.67.